The van der Waals surface area contributed by atoms with E-state index in [1.807, 2.05) is 66.4 Å². The first kappa shape index (κ1) is 20.1. The molecule has 4 rings (SSSR count). The zero-order chi connectivity index (χ0) is 20.9. The molecule has 0 amide bonds. The van der Waals surface area contributed by atoms with Crippen LogP contribution in [0.4, 0.5) is 0 Å². The van der Waals surface area contributed by atoms with Gasteiger partial charge >= 0.3 is 5.97 Å². The molecule has 156 valence electrons. The summed E-state index contributed by atoms with van der Waals surface area (Å²) < 4.78 is 16.9. The van der Waals surface area contributed by atoms with Gasteiger partial charge in [0.1, 0.15) is 29.9 Å². The molecule has 1 saturated heterocycles. The van der Waals surface area contributed by atoms with Crippen LogP contribution in [0.2, 0.25) is 0 Å². The van der Waals surface area contributed by atoms with Crippen molar-refractivity contribution in [2.75, 3.05) is 19.8 Å². The van der Waals surface area contributed by atoms with Gasteiger partial charge < -0.3 is 19.0 Å². The van der Waals surface area contributed by atoms with Crippen LogP contribution in [-0.4, -0.2) is 46.8 Å². The Hall–Kier alpha value is -3.16. The number of hydrogen-bond donors (Lipinski definition) is 1. The van der Waals surface area contributed by atoms with Crippen LogP contribution in [0.15, 0.2) is 59.0 Å². The van der Waals surface area contributed by atoms with E-state index in [1.54, 1.807) is 0 Å². The molecule has 1 aliphatic heterocycles. The maximum atomic E-state index is 11.4. The number of aryl methyl sites for hydroxylation is 1. The van der Waals surface area contributed by atoms with Gasteiger partial charge in [-0.25, -0.2) is 4.98 Å². The summed E-state index contributed by atoms with van der Waals surface area (Å²) in [6.45, 7) is 4.12. The highest BCUT2D eigenvalue weighted by molar-refractivity contribution is 5.73. The van der Waals surface area contributed by atoms with E-state index in [-0.39, 0.29) is 6.61 Å². The molecule has 0 bridgehead atoms. The SMILES string of the molecule is Cc1oc(-c2ccccc2)nc1COc1ccc(CN2CCOC[C@H]2C(=O)O)cc1. The second-order valence-corrected chi connectivity index (χ2v) is 7.22. The Bertz CT molecular complexity index is 985. The van der Waals surface area contributed by atoms with Crippen molar-refractivity contribution in [3.05, 3.63) is 71.6 Å². The lowest BCUT2D eigenvalue weighted by atomic mass is 10.1. The third-order valence-electron chi connectivity index (χ3n) is 5.12. The molecule has 0 spiro atoms. The number of carbonyl (C=O) groups is 1. The Balaban J connectivity index is 1.36. The quantitative estimate of drug-likeness (QED) is 0.640. The van der Waals surface area contributed by atoms with Gasteiger partial charge in [0.25, 0.3) is 0 Å². The number of morpholine rings is 1. The Morgan fingerprint density at radius 1 is 1.20 bits per heavy atom. The zero-order valence-electron chi connectivity index (χ0n) is 16.8. The number of benzene rings is 2. The minimum Gasteiger partial charge on any atom is -0.487 e. The van der Waals surface area contributed by atoms with Crippen molar-refractivity contribution < 1.29 is 23.8 Å². The highest BCUT2D eigenvalue weighted by Gasteiger charge is 2.29. The average molecular weight is 408 g/mol. The van der Waals surface area contributed by atoms with Crippen LogP contribution in [0.1, 0.15) is 17.0 Å². The van der Waals surface area contributed by atoms with Crippen molar-refractivity contribution in [2.45, 2.75) is 26.1 Å². The van der Waals surface area contributed by atoms with E-state index in [2.05, 4.69) is 4.98 Å². The number of carboxylic acids is 1. The van der Waals surface area contributed by atoms with Gasteiger partial charge in [-0.3, -0.25) is 9.69 Å². The number of hydrogen-bond acceptors (Lipinski definition) is 6. The lowest BCUT2D eigenvalue weighted by Gasteiger charge is -2.32. The molecule has 1 aromatic heterocycles. The molecule has 7 nitrogen and oxygen atoms in total. The van der Waals surface area contributed by atoms with Gasteiger partial charge in [-0.2, -0.15) is 0 Å². The molecule has 0 saturated carbocycles. The van der Waals surface area contributed by atoms with E-state index < -0.39 is 12.0 Å². The molecule has 2 aromatic carbocycles. The predicted octanol–water partition coefficient (Wildman–Crippen LogP) is 3.51. The van der Waals surface area contributed by atoms with E-state index in [0.717, 1.165) is 28.3 Å². The maximum absolute atomic E-state index is 11.4. The average Bonchev–Trinajstić information content (AvgIpc) is 3.15. The van der Waals surface area contributed by atoms with E-state index >= 15 is 0 Å². The standard InChI is InChI=1S/C23H24N2O5/c1-16-20(24-22(30-16)18-5-3-2-4-6-18)14-29-19-9-7-17(8-10-19)13-25-11-12-28-15-21(25)23(26)27/h2-10,21H,11-15H2,1H3,(H,26,27)/t21-/m0/s1. The lowest BCUT2D eigenvalue weighted by molar-refractivity contribution is -0.150. The van der Waals surface area contributed by atoms with Crippen LogP contribution >= 0.6 is 0 Å². The van der Waals surface area contributed by atoms with Gasteiger partial charge in [0, 0.05) is 18.7 Å². The first-order valence-corrected chi connectivity index (χ1v) is 9.88. The van der Waals surface area contributed by atoms with E-state index in [1.165, 1.54) is 0 Å². The van der Waals surface area contributed by atoms with Crippen molar-refractivity contribution in [3.63, 3.8) is 0 Å². The molecule has 30 heavy (non-hydrogen) atoms. The van der Waals surface area contributed by atoms with Crippen LogP contribution in [0.25, 0.3) is 11.5 Å². The topological polar surface area (TPSA) is 85.0 Å². The Morgan fingerprint density at radius 3 is 2.70 bits per heavy atom. The van der Waals surface area contributed by atoms with Crippen molar-refractivity contribution in [2.24, 2.45) is 0 Å². The van der Waals surface area contributed by atoms with Crippen LogP contribution in [0.5, 0.6) is 5.75 Å². The summed E-state index contributed by atoms with van der Waals surface area (Å²) in [5, 5.41) is 9.35. The molecule has 0 radical (unpaired) electrons. The summed E-state index contributed by atoms with van der Waals surface area (Å²) in [4.78, 5) is 17.9. The van der Waals surface area contributed by atoms with Gasteiger partial charge in [0.15, 0.2) is 0 Å². The molecule has 1 atom stereocenters. The fourth-order valence-electron chi connectivity index (χ4n) is 3.40. The van der Waals surface area contributed by atoms with Crippen molar-refractivity contribution >= 4 is 5.97 Å². The minimum absolute atomic E-state index is 0.221. The van der Waals surface area contributed by atoms with Crippen molar-refractivity contribution in [1.82, 2.24) is 9.88 Å². The Labute approximate surface area is 174 Å². The van der Waals surface area contributed by atoms with E-state index in [0.29, 0.717) is 32.2 Å². The Morgan fingerprint density at radius 2 is 1.97 bits per heavy atom. The minimum atomic E-state index is -0.854. The second-order valence-electron chi connectivity index (χ2n) is 7.22. The van der Waals surface area contributed by atoms with E-state index in [9.17, 15) is 9.90 Å². The summed E-state index contributed by atoms with van der Waals surface area (Å²) >= 11 is 0. The van der Waals surface area contributed by atoms with Crippen molar-refractivity contribution in [1.29, 1.82) is 0 Å². The van der Waals surface area contributed by atoms with E-state index in [4.69, 9.17) is 13.9 Å². The molecule has 1 aliphatic rings. The second kappa shape index (κ2) is 9.11. The molecular formula is C23H24N2O5. The predicted molar refractivity (Wildman–Crippen MR) is 110 cm³/mol. The number of oxazole rings is 1. The fourth-order valence-corrected chi connectivity index (χ4v) is 3.40. The number of nitrogens with zero attached hydrogens (tertiary/aromatic N) is 2. The molecule has 1 N–H and O–H groups in total. The molecule has 2 heterocycles. The van der Waals surface area contributed by atoms with Gasteiger partial charge in [-0.1, -0.05) is 30.3 Å². The van der Waals surface area contributed by atoms with Gasteiger partial charge in [-0.05, 0) is 36.8 Å². The molecule has 0 aliphatic carbocycles. The molecule has 7 heteroatoms. The number of aliphatic carboxylic acids is 1. The molecule has 0 unspecified atom stereocenters. The molecule has 1 fully saturated rings. The summed E-state index contributed by atoms with van der Waals surface area (Å²) in [6, 6.07) is 16.8. The highest BCUT2D eigenvalue weighted by Crippen LogP contribution is 2.23. The first-order chi connectivity index (χ1) is 14.6. The van der Waals surface area contributed by atoms with Crippen LogP contribution in [0.3, 0.4) is 0 Å². The zero-order valence-corrected chi connectivity index (χ0v) is 16.8. The maximum Gasteiger partial charge on any atom is 0.323 e. The third-order valence-corrected chi connectivity index (χ3v) is 5.12. The van der Waals surface area contributed by atoms with Crippen LogP contribution in [-0.2, 0) is 22.7 Å². The fraction of sp³-hybridized carbons (Fsp3) is 0.304. The smallest absolute Gasteiger partial charge is 0.323 e. The van der Waals surface area contributed by atoms with Crippen molar-refractivity contribution in [3.8, 4) is 17.2 Å². The van der Waals surface area contributed by atoms with Crippen LogP contribution < -0.4 is 4.74 Å². The van der Waals surface area contributed by atoms with Gasteiger partial charge in [0.2, 0.25) is 5.89 Å². The van der Waals surface area contributed by atoms with Gasteiger partial charge in [0.05, 0.1) is 13.2 Å². The molecular weight excluding hydrogens is 384 g/mol. The number of aromatic nitrogens is 1. The lowest BCUT2D eigenvalue weighted by Crippen LogP contribution is -2.49. The largest absolute Gasteiger partial charge is 0.487 e. The Kier molecular flexibility index (Phi) is 6.11. The number of carboxylic acid groups (broad SMARTS) is 1. The highest BCUT2D eigenvalue weighted by atomic mass is 16.5. The molecule has 3 aromatic rings. The summed E-state index contributed by atoms with van der Waals surface area (Å²) in [6.07, 6.45) is 0. The third kappa shape index (κ3) is 4.69. The number of ether oxygens (including phenoxy) is 2. The van der Waals surface area contributed by atoms with Gasteiger partial charge in [-0.15, -0.1) is 0 Å². The number of rotatable bonds is 7. The normalized spacial score (nSPS) is 17.0. The summed E-state index contributed by atoms with van der Waals surface area (Å²) in [5.74, 6) is 1.18. The monoisotopic (exact) mass is 408 g/mol. The summed E-state index contributed by atoms with van der Waals surface area (Å²) in [5.41, 5.74) is 2.72. The first-order valence-electron chi connectivity index (χ1n) is 9.88. The summed E-state index contributed by atoms with van der Waals surface area (Å²) in [7, 11) is 0. The van der Waals surface area contributed by atoms with Crippen LogP contribution in [0, 0.1) is 6.92 Å².